The summed E-state index contributed by atoms with van der Waals surface area (Å²) in [6, 6.07) is 9.89. The Morgan fingerprint density at radius 2 is 2.00 bits per heavy atom. The second-order valence-electron chi connectivity index (χ2n) is 7.28. The van der Waals surface area contributed by atoms with Crippen LogP contribution in [-0.4, -0.2) is 60.8 Å². The van der Waals surface area contributed by atoms with Gasteiger partial charge in [0.2, 0.25) is 0 Å². The van der Waals surface area contributed by atoms with Crippen molar-refractivity contribution < 1.29 is 13.6 Å². The van der Waals surface area contributed by atoms with Gasteiger partial charge in [-0.2, -0.15) is 0 Å². The van der Waals surface area contributed by atoms with Gasteiger partial charge in [-0.25, -0.2) is 13.8 Å². The van der Waals surface area contributed by atoms with Gasteiger partial charge < -0.3 is 10.2 Å². The molecule has 1 saturated heterocycles. The average molecular weight is 463 g/mol. The predicted octanol–water partition coefficient (Wildman–Crippen LogP) is 4.24. The summed E-state index contributed by atoms with van der Waals surface area (Å²) >= 11 is 3.03. The number of carbonyl (C=O) groups is 1. The fourth-order valence-electron chi connectivity index (χ4n) is 3.57. The van der Waals surface area contributed by atoms with E-state index >= 15 is 0 Å². The highest BCUT2D eigenvalue weighted by molar-refractivity contribution is 7.99. The highest BCUT2D eigenvalue weighted by Crippen LogP contribution is 2.31. The minimum Gasteiger partial charge on any atom is -0.351 e. The highest BCUT2D eigenvalue weighted by Gasteiger charge is 2.21. The molecule has 5 nitrogen and oxygen atoms in total. The van der Waals surface area contributed by atoms with Crippen LogP contribution in [0.25, 0.3) is 10.2 Å². The number of nitrogens with one attached hydrogen (secondary N) is 1. The molecular weight excluding hydrogens is 438 g/mol. The first-order chi connectivity index (χ1) is 15.0. The van der Waals surface area contributed by atoms with Gasteiger partial charge in [-0.3, -0.25) is 9.69 Å². The Morgan fingerprint density at radius 3 is 2.77 bits per heavy atom. The number of amides is 1. The molecule has 3 aromatic rings. The molecule has 1 fully saturated rings. The number of piperazine rings is 1. The van der Waals surface area contributed by atoms with E-state index < -0.39 is 11.6 Å². The monoisotopic (exact) mass is 462 g/mol. The van der Waals surface area contributed by atoms with Crippen LogP contribution in [0.15, 0.2) is 41.3 Å². The van der Waals surface area contributed by atoms with Crippen LogP contribution in [0.5, 0.6) is 0 Å². The van der Waals surface area contributed by atoms with Gasteiger partial charge in [0, 0.05) is 55.8 Å². The van der Waals surface area contributed by atoms with E-state index in [0.29, 0.717) is 16.8 Å². The van der Waals surface area contributed by atoms with Crippen LogP contribution in [0.2, 0.25) is 0 Å². The molecular formula is C22H24F2N4OS2. The molecule has 1 aliphatic heterocycles. The number of carbonyl (C=O) groups excluding carboxylic acids is 1. The minimum atomic E-state index is -0.620. The van der Waals surface area contributed by atoms with Crippen molar-refractivity contribution in [2.75, 3.05) is 49.9 Å². The summed E-state index contributed by atoms with van der Waals surface area (Å²) in [5.74, 6) is -0.283. The molecule has 2 heterocycles. The molecule has 4 rings (SSSR count). The second kappa shape index (κ2) is 9.93. The molecule has 9 heteroatoms. The Kier molecular flexibility index (Phi) is 7.04. The van der Waals surface area contributed by atoms with Crippen LogP contribution in [0, 0.1) is 11.6 Å². The van der Waals surface area contributed by atoms with Gasteiger partial charge in [0.25, 0.3) is 5.91 Å². The Balaban J connectivity index is 1.26. The van der Waals surface area contributed by atoms with Crippen LogP contribution in [0.4, 0.5) is 13.9 Å². The third kappa shape index (κ3) is 5.34. The van der Waals surface area contributed by atoms with Crippen molar-refractivity contribution in [1.29, 1.82) is 0 Å². The molecule has 1 amide bonds. The van der Waals surface area contributed by atoms with E-state index in [9.17, 15) is 13.6 Å². The van der Waals surface area contributed by atoms with E-state index in [2.05, 4.69) is 27.0 Å². The lowest BCUT2D eigenvalue weighted by atomic mass is 10.2. The first-order valence-electron chi connectivity index (χ1n) is 10.3. The molecule has 0 spiro atoms. The number of thioether (sulfide) groups is 1. The van der Waals surface area contributed by atoms with Crippen molar-refractivity contribution in [2.45, 2.75) is 11.8 Å². The van der Waals surface area contributed by atoms with Crippen molar-refractivity contribution in [1.82, 2.24) is 15.2 Å². The Bertz CT molecular complexity index is 1070. The molecule has 0 unspecified atom stereocenters. The number of benzene rings is 2. The number of hydrogen-bond donors (Lipinski definition) is 1. The van der Waals surface area contributed by atoms with E-state index in [1.807, 2.05) is 24.3 Å². The maximum absolute atomic E-state index is 13.9. The molecule has 164 valence electrons. The zero-order valence-corrected chi connectivity index (χ0v) is 18.9. The van der Waals surface area contributed by atoms with Gasteiger partial charge >= 0.3 is 0 Å². The Labute approximate surface area is 188 Å². The topological polar surface area (TPSA) is 48.5 Å². The number of thiazole rings is 1. The predicted molar refractivity (Wildman–Crippen MR) is 123 cm³/mol. The lowest BCUT2D eigenvalue weighted by molar-refractivity contribution is 0.0947. The van der Waals surface area contributed by atoms with E-state index in [0.717, 1.165) is 54.6 Å². The van der Waals surface area contributed by atoms with Crippen molar-refractivity contribution in [3.8, 4) is 0 Å². The fraction of sp³-hybridized carbons (Fsp3) is 0.364. The number of nitrogens with zero attached hydrogens (tertiary/aromatic N) is 3. The van der Waals surface area contributed by atoms with Crippen LogP contribution < -0.4 is 10.2 Å². The molecule has 0 atom stereocenters. The van der Waals surface area contributed by atoms with Gasteiger partial charge in [0.05, 0.1) is 4.70 Å². The van der Waals surface area contributed by atoms with Crippen LogP contribution in [0.1, 0.15) is 17.3 Å². The summed E-state index contributed by atoms with van der Waals surface area (Å²) in [5, 5.41) is 3.72. The van der Waals surface area contributed by atoms with Crippen LogP contribution in [0.3, 0.4) is 0 Å². The van der Waals surface area contributed by atoms with E-state index in [-0.39, 0.29) is 11.4 Å². The minimum absolute atomic E-state index is 0.0547. The lowest BCUT2D eigenvalue weighted by Crippen LogP contribution is -2.48. The number of aromatic nitrogens is 1. The maximum atomic E-state index is 13.9. The number of hydrogen-bond acceptors (Lipinski definition) is 6. The number of fused-ring (bicyclic) bond motifs is 1. The average Bonchev–Trinajstić information content (AvgIpc) is 3.19. The summed E-state index contributed by atoms with van der Waals surface area (Å²) in [6.07, 6.45) is 0. The first-order valence-corrected chi connectivity index (χ1v) is 12.1. The van der Waals surface area contributed by atoms with Gasteiger partial charge in [0.1, 0.15) is 11.3 Å². The normalized spacial score (nSPS) is 14.9. The van der Waals surface area contributed by atoms with Gasteiger partial charge in [-0.15, -0.1) is 11.8 Å². The van der Waals surface area contributed by atoms with Crippen molar-refractivity contribution in [3.63, 3.8) is 0 Å². The smallest absolute Gasteiger partial charge is 0.251 e. The number of anilines is 1. The van der Waals surface area contributed by atoms with Crippen molar-refractivity contribution in [3.05, 3.63) is 53.6 Å². The highest BCUT2D eigenvalue weighted by atomic mass is 32.2. The third-order valence-corrected chi connectivity index (χ3v) is 7.10. The molecule has 2 aromatic carbocycles. The molecule has 0 saturated carbocycles. The zero-order valence-electron chi connectivity index (χ0n) is 17.2. The molecule has 1 aliphatic rings. The maximum Gasteiger partial charge on any atom is 0.251 e. The fourth-order valence-corrected chi connectivity index (χ4v) is 5.34. The Morgan fingerprint density at radius 1 is 1.19 bits per heavy atom. The second-order valence-corrected chi connectivity index (χ2v) is 9.62. The van der Waals surface area contributed by atoms with Crippen LogP contribution in [-0.2, 0) is 0 Å². The first kappa shape index (κ1) is 22.0. The Hall–Kier alpha value is -2.23. The summed E-state index contributed by atoms with van der Waals surface area (Å²) in [7, 11) is 0. The molecule has 0 aliphatic carbocycles. The summed E-state index contributed by atoms with van der Waals surface area (Å²) in [6.45, 7) is 6.60. The largest absolute Gasteiger partial charge is 0.351 e. The van der Waals surface area contributed by atoms with Gasteiger partial charge in [-0.05, 0) is 30.0 Å². The number of halogens is 2. The standard InChI is InChI=1S/C22H24F2N4OS2/c1-2-30-17-5-3-4-15(12-17)21(29)25-6-7-27-8-10-28(11-9-27)22-26-20-18(24)13-16(23)14-19(20)31-22/h3-5,12-14H,2,6-11H2,1H3,(H,25,29). The molecule has 1 N–H and O–H groups in total. The van der Waals surface area contributed by atoms with Crippen LogP contribution >= 0.6 is 23.1 Å². The van der Waals surface area contributed by atoms with E-state index in [1.165, 1.54) is 17.4 Å². The third-order valence-electron chi connectivity index (χ3n) is 5.17. The summed E-state index contributed by atoms with van der Waals surface area (Å²) < 4.78 is 27.9. The number of rotatable bonds is 7. The quantitative estimate of drug-likeness (QED) is 0.533. The van der Waals surface area contributed by atoms with E-state index in [1.54, 1.807) is 11.8 Å². The van der Waals surface area contributed by atoms with Crippen molar-refractivity contribution >= 4 is 44.4 Å². The van der Waals surface area contributed by atoms with E-state index in [4.69, 9.17) is 0 Å². The molecule has 0 bridgehead atoms. The summed E-state index contributed by atoms with van der Waals surface area (Å²) in [5.41, 5.74) is 0.913. The zero-order chi connectivity index (χ0) is 21.8. The summed E-state index contributed by atoms with van der Waals surface area (Å²) in [4.78, 5) is 22.3. The van der Waals surface area contributed by atoms with Crippen molar-refractivity contribution in [2.24, 2.45) is 0 Å². The van der Waals surface area contributed by atoms with Gasteiger partial charge in [-0.1, -0.05) is 24.3 Å². The molecule has 0 radical (unpaired) electrons. The van der Waals surface area contributed by atoms with Gasteiger partial charge in [0.15, 0.2) is 10.9 Å². The molecule has 1 aromatic heterocycles. The molecule has 31 heavy (non-hydrogen) atoms. The lowest BCUT2D eigenvalue weighted by Gasteiger charge is -2.34. The SMILES string of the molecule is CCSc1cccc(C(=O)NCCN2CCN(c3nc4c(F)cc(F)cc4s3)CC2)c1.